The Labute approximate surface area is 133 Å². The molecule has 0 bridgehead atoms. The summed E-state index contributed by atoms with van der Waals surface area (Å²) >= 11 is 3.37. The third kappa shape index (κ3) is 3.94. The highest BCUT2D eigenvalue weighted by molar-refractivity contribution is 9.10. The summed E-state index contributed by atoms with van der Waals surface area (Å²) in [5.41, 5.74) is 2.65. The lowest BCUT2D eigenvalue weighted by molar-refractivity contribution is 0.101. The van der Waals surface area contributed by atoms with Crippen molar-refractivity contribution in [3.05, 3.63) is 46.2 Å². The summed E-state index contributed by atoms with van der Waals surface area (Å²) in [6, 6.07) is 8.03. The average Bonchev–Trinajstić information content (AvgIpc) is 2.87. The fourth-order valence-corrected chi connectivity index (χ4v) is 2.63. The van der Waals surface area contributed by atoms with Crippen molar-refractivity contribution in [3.63, 3.8) is 0 Å². The van der Waals surface area contributed by atoms with Gasteiger partial charge in [0.05, 0.1) is 10.7 Å². The zero-order valence-electron chi connectivity index (χ0n) is 12.4. The van der Waals surface area contributed by atoms with Crippen LogP contribution in [0.5, 0.6) is 0 Å². The normalized spacial score (nSPS) is 10.6. The number of nitrogens with zero attached hydrogens (tertiary/aromatic N) is 2. The maximum atomic E-state index is 12.3. The highest BCUT2D eigenvalue weighted by Gasteiger charge is 2.16. The van der Waals surface area contributed by atoms with E-state index in [2.05, 4.69) is 45.4 Å². The number of aryl methyl sites for hydroxylation is 2. The van der Waals surface area contributed by atoms with Gasteiger partial charge in [-0.15, -0.1) is 0 Å². The molecule has 0 aliphatic heterocycles. The van der Waals surface area contributed by atoms with Crippen LogP contribution in [-0.2, 0) is 13.0 Å². The summed E-state index contributed by atoms with van der Waals surface area (Å²) in [5, 5.41) is 7.07. The van der Waals surface area contributed by atoms with E-state index in [-0.39, 0.29) is 5.91 Å². The summed E-state index contributed by atoms with van der Waals surface area (Å²) in [5.74, 6) is -0.150. The van der Waals surface area contributed by atoms with Crippen molar-refractivity contribution < 1.29 is 4.79 Å². The SMILES string of the molecule is CCCCc1ccc(NC(=O)c2c(Br)cnn2CC)cc1. The second-order valence-electron chi connectivity index (χ2n) is 4.91. The van der Waals surface area contributed by atoms with Crippen LogP contribution in [0.25, 0.3) is 0 Å². The summed E-state index contributed by atoms with van der Waals surface area (Å²) in [6.45, 7) is 4.80. The first-order valence-corrected chi connectivity index (χ1v) is 8.06. The van der Waals surface area contributed by atoms with Crippen LogP contribution in [0.2, 0.25) is 0 Å². The van der Waals surface area contributed by atoms with E-state index in [0.29, 0.717) is 16.7 Å². The molecule has 0 aliphatic rings. The molecule has 0 spiro atoms. The zero-order valence-corrected chi connectivity index (χ0v) is 14.0. The Balaban J connectivity index is 2.07. The molecule has 0 unspecified atom stereocenters. The Morgan fingerprint density at radius 2 is 2.00 bits per heavy atom. The molecule has 0 radical (unpaired) electrons. The van der Waals surface area contributed by atoms with Gasteiger partial charge in [0.25, 0.3) is 5.91 Å². The van der Waals surface area contributed by atoms with Crippen molar-refractivity contribution in [3.8, 4) is 0 Å². The average molecular weight is 350 g/mol. The number of anilines is 1. The van der Waals surface area contributed by atoms with Crippen LogP contribution in [0.4, 0.5) is 5.69 Å². The number of amides is 1. The quantitative estimate of drug-likeness (QED) is 0.846. The largest absolute Gasteiger partial charge is 0.321 e. The number of rotatable bonds is 6. The molecule has 1 heterocycles. The first-order valence-electron chi connectivity index (χ1n) is 7.27. The lowest BCUT2D eigenvalue weighted by Crippen LogP contribution is -2.17. The van der Waals surface area contributed by atoms with Gasteiger partial charge in [-0.2, -0.15) is 5.10 Å². The first kappa shape index (κ1) is 15.8. The maximum absolute atomic E-state index is 12.3. The lowest BCUT2D eigenvalue weighted by atomic mass is 10.1. The van der Waals surface area contributed by atoms with Crippen LogP contribution in [0.1, 0.15) is 42.7 Å². The second-order valence-corrected chi connectivity index (χ2v) is 5.77. The van der Waals surface area contributed by atoms with Crippen LogP contribution in [0.15, 0.2) is 34.9 Å². The predicted octanol–water partition coefficient (Wildman–Crippen LogP) is 4.26. The third-order valence-corrected chi connectivity index (χ3v) is 3.92. The Morgan fingerprint density at radius 1 is 1.29 bits per heavy atom. The van der Waals surface area contributed by atoms with E-state index in [0.717, 1.165) is 12.1 Å². The molecule has 0 atom stereocenters. The van der Waals surface area contributed by atoms with Gasteiger partial charge in [0.15, 0.2) is 0 Å². The number of carbonyl (C=O) groups excluding carboxylic acids is 1. The molecule has 5 heteroatoms. The fraction of sp³-hybridized carbons (Fsp3) is 0.375. The summed E-state index contributed by atoms with van der Waals surface area (Å²) < 4.78 is 2.39. The van der Waals surface area contributed by atoms with E-state index in [9.17, 15) is 4.79 Å². The highest BCUT2D eigenvalue weighted by atomic mass is 79.9. The van der Waals surface area contributed by atoms with Crippen molar-refractivity contribution >= 4 is 27.5 Å². The molecule has 1 aromatic heterocycles. The van der Waals surface area contributed by atoms with Gasteiger partial charge >= 0.3 is 0 Å². The predicted molar refractivity (Wildman–Crippen MR) is 88.6 cm³/mol. The number of nitrogens with one attached hydrogen (secondary N) is 1. The monoisotopic (exact) mass is 349 g/mol. The number of hydrogen-bond acceptors (Lipinski definition) is 2. The van der Waals surface area contributed by atoms with Gasteiger partial charge in [-0.1, -0.05) is 25.5 Å². The molecule has 2 rings (SSSR count). The number of carbonyl (C=O) groups is 1. The van der Waals surface area contributed by atoms with E-state index in [1.807, 2.05) is 19.1 Å². The Morgan fingerprint density at radius 3 is 2.62 bits per heavy atom. The zero-order chi connectivity index (χ0) is 15.2. The van der Waals surface area contributed by atoms with Gasteiger partial charge in [0, 0.05) is 12.2 Å². The van der Waals surface area contributed by atoms with Gasteiger partial charge in [-0.05, 0) is 53.4 Å². The summed E-state index contributed by atoms with van der Waals surface area (Å²) in [7, 11) is 0. The van der Waals surface area contributed by atoms with E-state index >= 15 is 0 Å². The smallest absolute Gasteiger partial charge is 0.275 e. The van der Waals surface area contributed by atoms with Crippen LogP contribution in [0.3, 0.4) is 0 Å². The fourth-order valence-electron chi connectivity index (χ4n) is 2.15. The number of hydrogen-bond donors (Lipinski definition) is 1. The van der Waals surface area contributed by atoms with Crippen molar-refractivity contribution in [1.82, 2.24) is 9.78 Å². The summed E-state index contributed by atoms with van der Waals surface area (Å²) in [4.78, 5) is 12.3. The number of benzene rings is 1. The number of halogens is 1. The molecule has 1 aromatic carbocycles. The lowest BCUT2D eigenvalue weighted by Gasteiger charge is -2.08. The minimum absolute atomic E-state index is 0.150. The van der Waals surface area contributed by atoms with Crippen molar-refractivity contribution in [2.75, 3.05) is 5.32 Å². The Bertz CT molecular complexity index is 604. The molecular formula is C16H20BrN3O. The number of aromatic nitrogens is 2. The van der Waals surface area contributed by atoms with Gasteiger partial charge in [0.1, 0.15) is 5.69 Å². The Hall–Kier alpha value is -1.62. The van der Waals surface area contributed by atoms with Crippen LogP contribution < -0.4 is 5.32 Å². The third-order valence-electron chi connectivity index (χ3n) is 3.34. The maximum Gasteiger partial charge on any atom is 0.275 e. The van der Waals surface area contributed by atoms with Gasteiger partial charge in [-0.3, -0.25) is 9.48 Å². The number of unbranched alkanes of at least 4 members (excludes halogenated alkanes) is 1. The Kier molecular flexibility index (Phi) is 5.56. The first-order chi connectivity index (χ1) is 10.2. The van der Waals surface area contributed by atoms with Gasteiger partial charge in [0.2, 0.25) is 0 Å². The van der Waals surface area contributed by atoms with Gasteiger partial charge in [-0.25, -0.2) is 0 Å². The molecule has 0 fully saturated rings. The molecule has 112 valence electrons. The topological polar surface area (TPSA) is 46.9 Å². The van der Waals surface area contributed by atoms with E-state index in [1.54, 1.807) is 10.9 Å². The molecule has 4 nitrogen and oxygen atoms in total. The van der Waals surface area contributed by atoms with E-state index < -0.39 is 0 Å². The molecule has 0 saturated heterocycles. The molecule has 2 aromatic rings. The minimum atomic E-state index is -0.150. The standard InChI is InChI=1S/C16H20BrN3O/c1-3-5-6-12-7-9-13(10-8-12)19-16(21)15-14(17)11-18-20(15)4-2/h7-11H,3-6H2,1-2H3,(H,19,21). The molecule has 1 amide bonds. The molecule has 21 heavy (non-hydrogen) atoms. The molecule has 0 aliphatic carbocycles. The molecule has 1 N–H and O–H groups in total. The second kappa shape index (κ2) is 7.41. The van der Waals surface area contributed by atoms with Crippen molar-refractivity contribution in [2.24, 2.45) is 0 Å². The van der Waals surface area contributed by atoms with E-state index in [1.165, 1.54) is 18.4 Å². The van der Waals surface area contributed by atoms with Crippen LogP contribution in [0, 0.1) is 0 Å². The van der Waals surface area contributed by atoms with Crippen LogP contribution >= 0.6 is 15.9 Å². The highest BCUT2D eigenvalue weighted by Crippen LogP contribution is 2.18. The summed E-state index contributed by atoms with van der Waals surface area (Å²) in [6.07, 6.45) is 5.10. The van der Waals surface area contributed by atoms with Crippen LogP contribution in [-0.4, -0.2) is 15.7 Å². The van der Waals surface area contributed by atoms with Crippen molar-refractivity contribution in [1.29, 1.82) is 0 Å². The minimum Gasteiger partial charge on any atom is -0.321 e. The van der Waals surface area contributed by atoms with Crippen molar-refractivity contribution in [2.45, 2.75) is 39.7 Å². The molecule has 0 saturated carbocycles. The van der Waals surface area contributed by atoms with Gasteiger partial charge < -0.3 is 5.32 Å². The molecular weight excluding hydrogens is 330 g/mol. The van der Waals surface area contributed by atoms with E-state index in [4.69, 9.17) is 0 Å².